The van der Waals surface area contributed by atoms with Crippen molar-refractivity contribution < 1.29 is 9.53 Å². The molecule has 0 aliphatic carbocycles. The summed E-state index contributed by atoms with van der Waals surface area (Å²) in [6.07, 6.45) is 6.12. The van der Waals surface area contributed by atoms with Gasteiger partial charge >= 0.3 is 0 Å². The van der Waals surface area contributed by atoms with Crippen LogP contribution >= 0.6 is 0 Å². The van der Waals surface area contributed by atoms with Crippen LogP contribution in [0.4, 0.5) is 0 Å². The highest BCUT2D eigenvalue weighted by Gasteiger charge is 2.31. The molecule has 0 bridgehead atoms. The molecule has 4 heteroatoms. The molecule has 0 fully saturated rings. The Labute approximate surface area is 114 Å². The van der Waals surface area contributed by atoms with Crippen LogP contribution in [0.2, 0.25) is 0 Å². The van der Waals surface area contributed by atoms with Gasteiger partial charge in [-0.1, -0.05) is 13.8 Å². The van der Waals surface area contributed by atoms with Gasteiger partial charge in [0.25, 0.3) is 0 Å². The van der Waals surface area contributed by atoms with Crippen LogP contribution in [0.15, 0.2) is 28.7 Å². The maximum Gasteiger partial charge on any atom is 0.193 e. The molecule has 0 saturated carbocycles. The Morgan fingerprint density at radius 3 is 2.95 bits per heavy atom. The first-order valence-corrected chi connectivity index (χ1v) is 6.80. The van der Waals surface area contributed by atoms with Crippen molar-refractivity contribution in [2.24, 2.45) is 16.8 Å². The number of carbonyl (C=O) groups excluding carboxylic acids is 1. The van der Waals surface area contributed by atoms with E-state index in [4.69, 9.17) is 4.74 Å². The number of carbonyl (C=O) groups is 1. The fraction of sp³-hybridized carbons (Fsp3) is 0.600. The predicted octanol–water partition coefficient (Wildman–Crippen LogP) is 2.38. The maximum absolute atomic E-state index is 12.0. The van der Waals surface area contributed by atoms with Gasteiger partial charge in [0.1, 0.15) is 0 Å². The van der Waals surface area contributed by atoms with Gasteiger partial charge in [-0.25, -0.2) is 0 Å². The lowest BCUT2D eigenvalue weighted by Gasteiger charge is -2.33. The lowest BCUT2D eigenvalue weighted by molar-refractivity contribution is -0.115. The zero-order valence-electron chi connectivity index (χ0n) is 12.1. The fourth-order valence-electron chi connectivity index (χ4n) is 2.36. The lowest BCUT2D eigenvalue weighted by Crippen LogP contribution is -2.38. The highest BCUT2D eigenvalue weighted by Crippen LogP contribution is 2.27. The van der Waals surface area contributed by atoms with Gasteiger partial charge in [0.15, 0.2) is 11.7 Å². The summed E-state index contributed by atoms with van der Waals surface area (Å²) in [5.74, 6) is 1.36. The van der Waals surface area contributed by atoms with E-state index >= 15 is 0 Å². The topological polar surface area (TPSA) is 41.9 Å². The van der Waals surface area contributed by atoms with Crippen molar-refractivity contribution in [1.82, 2.24) is 4.90 Å². The van der Waals surface area contributed by atoms with E-state index in [9.17, 15) is 4.79 Å². The van der Waals surface area contributed by atoms with E-state index in [1.807, 2.05) is 25.1 Å². The first-order valence-electron chi connectivity index (χ1n) is 6.80. The smallest absolute Gasteiger partial charge is 0.193 e. The quantitative estimate of drug-likeness (QED) is 0.784. The summed E-state index contributed by atoms with van der Waals surface area (Å²) in [5.41, 5.74) is 0.991. The third kappa shape index (κ3) is 3.25. The lowest BCUT2D eigenvalue weighted by atomic mass is 9.93. The second-order valence-electron chi connectivity index (χ2n) is 5.71. The summed E-state index contributed by atoms with van der Waals surface area (Å²) >= 11 is 0. The number of ketones is 1. The molecular formula is C15H22N2O2. The second kappa shape index (κ2) is 5.59. The first kappa shape index (κ1) is 13.8. The molecule has 0 amide bonds. The molecule has 4 nitrogen and oxygen atoms in total. The summed E-state index contributed by atoms with van der Waals surface area (Å²) in [4.78, 5) is 18.3. The van der Waals surface area contributed by atoms with Crippen LogP contribution in [0.3, 0.4) is 0 Å². The number of nitrogens with zero attached hydrogens (tertiary/aromatic N) is 2. The molecule has 0 aromatic rings. The van der Waals surface area contributed by atoms with Gasteiger partial charge in [-0.15, -0.1) is 0 Å². The van der Waals surface area contributed by atoms with Gasteiger partial charge in [-0.05, 0) is 18.9 Å². The third-order valence-electron chi connectivity index (χ3n) is 3.40. The maximum atomic E-state index is 12.0. The van der Waals surface area contributed by atoms with Crippen LogP contribution in [0, 0.1) is 11.8 Å². The molecule has 0 N–H and O–H groups in total. The Kier molecular flexibility index (Phi) is 4.08. The van der Waals surface area contributed by atoms with Crippen molar-refractivity contribution in [3.8, 4) is 0 Å². The van der Waals surface area contributed by atoms with Gasteiger partial charge in [0.2, 0.25) is 0 Å². The molecule has 2 heterocycles. The molecule has 0 radical (unpaired) electrons. The van der Waals surface area contributed by atoms with Crippen molar-refractivity contribution in [2.45, 2.75) is 33.2 Å². The average Bonchev–Trinajstić information content (AvgIpc) is 2.45. The minimum absolute atomic E-state index is 0.109. The minimum Gasteiger partial charge on any atom is -0.479 e. The Bertz CT molecular complexity index is 449. The zero-order valence-corrected chi connectivity index (χ0v) is 12.1. The molecule has 0 aromatic heterocycles. The SMILES string of the molecule is CC1=CC2C(C=N1)CC(=O)C=C(OCC(C)C)N2C. The van der Waals surface area contributed by atoms with E-state index in [2.05, 4.69) is 24.9 Å². The van der Waals surface area contributed by atoms with Crippen LogP contribution in [-0.2, 0) is 9.53 Å². The van der Waals surface area contributed by atoms with E-state index in [-0.39, 0.29) is 17.7 Å². The Morgan fingerprint density at radius 1 is 1.53 bits per heavy atom. The molecule has 104 valence electrons. The van der Waals surface area contributed by atoms with Gasteiger partial charge in [0, 0.05) is 37.4 Å². The van der Waals surface area contributed by atoms with Crippen molar-refractivity contribution in [1.29, 1.82) is 0 Å². The van der Waals surface area contributed by atoms with Crippen molar-refractivity contribution >= 4 is 12.0 Å². The molecular weight excluding hydrogens is 240 g/mol. The van der Waals surface area contributed by atoms with E-state index in [1.54, 1.807) is 6.08 Å². The first-order chi connectivity index (χ1) is 8.97. The van der Waals surface area contributed by atoms with Crippen LogP contribution in [0.5, 0.6) is 0 Å². The number of aliphatic imine (C=N–C) groups is 1. The molecule has 2 rings (SSSR count). The zero-order chi connectivity index (χ0) is 14.0. The van der Waals surface area contributed by atoms with E-state index in [1.165, 1.54) is 0 Å². The summed E-state index contributed by atoms with van der Waals surface area (Å²) < 4.78 is 5.78. The molecule has 2 atom stereocenters. The molecule has 2 aliphatic rings. The summed E-state index contributed by atoms with van der Waals surface area (Å²) in [6.45, 7) is 6.79. The van der Waals surface area contributed by atoms with Gasteiger partial charge in [-0.3, -0.25) is 9.79 Å². The number of likely N-dealkylation sites (N-methyl/N-ethyl adjacent to an activating group) is 1. The number of allylic oxidation sites excluding steroid dienone is 2. The molecule has 2 unspecified atom stereocenters. The van der Waals surface area contributed by atoms with Gasteiger partial charge in [0.05, 0.1) is 12.6 Å². The number of hydrogen-bond acceptors (Lipinski definition) is 4. The fourth-order valence-corrected chi connectivity index (χ4v) is 2.36. The standard InChI is InChI=1S/C15H22N2O2/c1-10(2)9-19-15-7-13(18)6-12-8-16-11(3)5-14(12)17(15)4/h5,7-8,10,12,14H,6,9H2,1-4H3. The summed E-state index contributed by atoms with van der Waals surface area (Å²) in [7, 11) is 1.98. The van der Waals surface area contributed by atoms with Crippen LogP contribution in [0.25, 0.3) is 0 Å². The Balaban J connectivity index is 2.20. The van der Waals surface area contributed by atoms with Gasteiger partial charge in [-0.2, -0.15) is 0 Å². The summed E-state index contributed by atoms with van der Waals surface area (Å²) in [6, 6.07) is 0.155. The number of ether oxygens (including phenoxy) is 1. The normalized spacial score (nSPS) is 26.8. The van der Waals surface area contributed by atoms with E-state index in [0.29, 0.717) is 24.8 Å². The summed E-state index contributed by atoms with van der Waals surface area (Å²) in [5, 5.41) is 0. The molecule has 2 aliphatic heterocycles. The van der Waals surface area contributed by atoms with Gasteiger partial charge < -0.3 is 9.64 Å². The monoisotopic (exact) mass is 262 g/mol. The third-order valence-corrected chi connectivity index (χ3v) is 3.40. The van der Waals surface area contributed by atoms with Crippen LogP contribution in [-0.4, -0.2) is 36.6 Å². The van der Waals surface area contributed by atoms with Crippen LogP contribution in [0.1, 0.15) is 27.2 Å². The highest BCUT2D eigenvalue weighted by molar-refractivity contribution is 5.92. The number of hydrogen-bond donors (Lipinski definition) is 0. The Morgan fingerprint density at radius 2 is 2.26 bits per heavy atom. The van der Waals surface area contributed by atoms with Crippen LogP contribution < -0.4 is 0 Å². The molecule has 0 spiro atoms. The minimum atomic E-state index is 0.109. The highest BCUT2D eigenvalue weighted by atomic mass is 16.5. The van der Waals surface area contributed by atoms with Crippen molar-refractivity contribution in [2.75, 3.05) is 13.7 Å². The second-order valence-corrected chi connectivity index (χ2v) is 5.71. The Hall–Kier alpha value is -1.58. The number of rotatable bonds is 3. The molecule has 0 saturated heterocycles. The van der Waals surface area contributed by atoms with E-state index in [0.717, 1.165) is 5.70 Å². The largest absolute Gasteiger partial charge is 0.479 e. The predicted molar refractivity (Wildman–Crippen MR) is 75.8 cm³/mol. The van der Waals surface area contributed by atoms with Crippen molar-refractivity contribution in [3.05, 3.63) is 23.7 Å². The number of fused-ring (bicyclic) bond motifs is 1. The molecule has 19 heavy (non-hydrogen) atoms. The molecule has 0 aromatic carbocycles. The van der Waals surface area contributed by atoms with E-state index < -0.39 is 0 Å². The average molecular weight is 262 g/mol. The van der Waals surface area contributed by atoms with Crippen molar-refractivity contribution in [3.63, 3.8) is 0 Å².